The fourth-order valence-corrected chi connectivity index (χ4v) is 1.81. The predicted molar refractivity (Wildman–Crippen MR) is 45.1 cm³/mol. The molecular weight excluding hydrogens is 171 g/mol. The summed E-state index contributed by atoms with van der Waals surface area (Å²) in [6.07, 6.45) is 0.426. The number of hydrogen-bond acceptors (Lipinski definition) is 1. The maximum Gasteiger partial charge on any atom is 0.314 e. The quantitative estimate of drug-likeness (QED) is 0.714. The Kier molecular flexibility index (Phi) is 1.46. The van der Waals surface area contributed by atoms with Crippen molar-refractivity contribution in [2.45, 2.75) is 18.8 Å². The molecule has 0 amide bonds. The number of carbonyl (C=O) groups is 1. The van der Waals surface area contributed by atoms with Crippen LogP contribution in [0.15, 0.2) is 18.2 Å². The zero-order chi connectivity index (χ0) is 9.64. The molecule has 1 N–H and O–H groups in total. The highest BCUT2D eigenvalue weighted by Crippen LogP contribution is 2.41. The van der Waals surface area contributed by atoms with Gasteiger partial charge in [0.2, 0.25) is 0 Å². The van der Waals surface area contributed by atoms with Gasteiger partial charge in [-0.1, -0.05) is 6.07 Å². The van der Waals surface area contributed by atoms with E-state index in [1.54, 1.807) is 13.0 Å². The van der Waals surface area contributed by atoms with Crippen molar-refractivity contribution >= 4 is 5.97 Å². The molecule has 68 valence electrons. The lowest BCUT2D eigenvalue weighted by molar-refractivity contribution is -0.144. The van der Waals surface area contributed by atoms with Crippen LogP contribution >= 0.6 is 0 Å². The summed E-state index contributed by atoms with van der Waals surface area (Å²) >= 11 is 0. The van der Waals surface area contributed by atoms with Crippen LogP contribution in [-0.4, -0.2) is 11.1 Å². The minimum Gasteiger partial charge on any atom is -0.481 e. The normalized spacial score (nSPS) is 24.8. The van der Waals surface area contributed by atoms with E-state index >= 15 is 0 Å². The van der Waals surface area contributed by atoms with Crippen LogP contribution in [0.4, 0.5) is 4.39 Å². The summed E-state index contributed by atoms with van der Waals surface area (Å²) in [6, 6.07) is 4.27. The van der Waals surface area contributed by atoms with Gasteiger partial charge in [-0.2, -0.15) is 0 Å². The zero-order valence-electron chi connectivity index (χ0n) is 7.17. The summed E-state index contributed by atoms with van der Waals surface area (Å²) in [4.78, 5) is 10.9. The first-order chi connectivity index (χ1) is 6.04. The number of carboxylic acid groups (broad SMARTS) is 1. The minimum atomic E-state index is -0.841. The molecule has 0 spiro atoms. The van der Waals surface area contributed by atoms with Gasteiger partial charge in [0.15, 0.2) is 0 Å². The fraction of sp³-hybridized carbons (Fsp3) is 0.300. The van der Waals surface area contributed by atoms with Crippen molar-refractivity contribution in [3.8, 4) is 0 Å². The van der Waals surface area contributed by atoms with E-state index in [0.717, 1.165) is 11.1 Å². The van der Waals surface area contributed by atoms with Crippen molar-refractivity contribution < 1.29 is 14.3 Å². The first-order valence-corrected chi connectivity index (χ1v) is 4.06. The Balaban J connectivity index is 2.47. The van der Waals surface area contributed by atoms with Crippen LogP contribution in [0.3, 0.4) is 0 Å². The molecule has 0 heterocycles. The van der Waals surface area contributed by atoms with Crippen LogP contribution in [0.25, 0.3) is 0 Å². The minimum absolute atomic E-state index is 0.300. The highest BCUT2D eigenvalue weighted by molar-refractivity contribution is 5.85. The van der Waals surface area contributed by atoms with Crippen molar-refractivity contribution in [3.63, 3.8) is 0 Å². The molecule has 0 bridgehead atoms. The Hall–Kier alpha value is -1.38. The molecule has 0 saturated carbocycles. The summed E-state index contributed by atoms with van der Waals surface area (Å²) in [7, 11) is 0. The molecule has 0 aliphatic heterocycles. The van der Waals surface area contributed by atoms with Crippen molar-refractivity contribution in [1.82, 2.24) is 0 Å². The van der Waals surface area contributed by atoms with Crippen LogP contribution < -0.4 is 0 Å². The second kappa shape index (κ2) is 2.31. The van der Waals surface area contributed by atoms with E-state index in [0.29, 0.717) is 6.42 Å². The standard InChI is InChI=1S/C10H9FO2/c1-10(9(12)13)5-6-4-7(11)2-3-8(6)10/h2-4H,5H2,1H3,(H,12,13). The number of aliphatic carboxylic acids is 1. The zero-order valence-corrected chi connectivity index (χ0v) is 7.17. The van der Waals surface area contributed by atoms with E-state index in [2.05, 4.69) is 0 Å². The predicted octanol–water partition coefficient (Wildman–Crippen LogP) is 1.72. The van der Waals surface area contributed by atoms with Gasteiger partial charge in [-0.25, -0.2) is 4.39 Å². The maximum atomic E-state index is 12.7. The third-order valence-electron chi connectivity index (χ3n) is 2.68. The average Bonchev–Trinajstić information content (AvgIpc) is 2.02. The second-order valence-corrected chi connectivity index (χ2v) is 3.62. The second-order valence-electron chi connectivity index (χ2n) is 3.62. The van der Waals surface area contributed by atoms with Crippen molar-refractivity contribution in [3.05, 3.63) is 35.1 Å². The smallest absolute Gasteiger partial charge is 0.314 e. The van der Waals surface area contributed by atoms with Crippen molar-refractivity contribution in [2.75, 3.05) is 0 Å². The molecule has 1 aliphatic carbocycles. The van der Waals surface area contributed by atoms with E-state index in [9.17, 15) is 9.18 Å². The Labute approximate surface area is 75.0 Å². The lowest BCUT2D eigenvalue weighted by Gasteiger charge is -2.37. The molecule has 1 unspecified atom stereocenters. The molecule has 2 nitrogen and oxygen atoms in total. The first-order valence-electron chi connectivity index (χ1n) is 4.06. The number of halogens is 1. The molecule has 1 aromatic carbocycles. The van der Waals surface area contributed by atoms with Gasteiger partial charge < -0.3 is 5.11 Å². The molecule has 13 heavy (non-hydrogen) atoms. The van der Waals surface area contributed by atoms with Crippen LogP contribution in [0, 0.1) is 5.82 Å². The monoisotopic (exact) mass is 180 g/mol. The van der Waals surface area contributed by atoms with Gasteiger partial charge in [0.1, 0.15) is 5.82 Å². The third kappa shape index (κ3) is 0.963. The number of rotatable bonds is 1. The summed E-state index contributed by atoms with van der Waals surface area (Å²) in [5, 5.41) is 8.91. The lowest BCUT2D eigenvalue weighted by Crippen LogP contribution is -2.43. The molecule has 3 heteroatoms. The molecule has 0 aromatic heterocycles. The number of benzene rings is 1. The van der Waals surface area contributed by atoms with E-state index in [1.807, 2.05) is 0 Å². The first kappa shape index (κ1) is 8.23. The van der Waals surface area contributed by atoms with Gasteiger partial charge in [-0.05, 0) is 36.6 Å². The van der Waals surface area contributed by atoms with Crippen molar-refractivity contribution in [2.24, 2.45) is 0 Å². The Morgan fingerprint density at radius 1 is 1.62 bits per heavy atom. The molecule has 0 radical (unpaired) electrons. The largest absolute Gasteiger partial charge is 0.481 e. The third-order valence-corrected chi connectivity index (χ3v) is 2.68. The van der Waals surface area contributed by atoms with E-state index in [-0.39, 0.29) is 5.82 Å². The summed E-state index contributed by atoms with van der Waals surface area (Å²) in [5.41, 5.74) is 0.745. The number of carboxylic acids is 1. The topological polar surface area (TPSA) is 37.3 Å². The van der Waals surface area contributed by atoms with Crippen molar-refractivity contribution in [1.29, 1.82) is 0 Å². The van der Waals surface area contributed by atoms with Gasteiger partial charge in [0.05, 0.1) is 5.41 Å². The number of fused-ring (bicyclic) bond motifs is 1. The molecule has 1 aliphatic rings. The molecule has 0 fully saturated rings. The lowest BCUT2D eigenvalue weighted by atomic mass is 9.65. The highest BCUT2D eigenvalue weighted by Gasteiger charge is 2.45. The highest BCUT2D eigenvalue weighted by atomic mass is 19.1. The summed E-state index contributed by atoms with van der Waals surface area (Å²) < 4.78 is 12.7. The van der Waals surface area contributed by atoms with Crippen LogP contribution in [0.2, 0.25) is 0 Å². The molecule has 2 rings (SSSR count). The molecular formula is C10H9FO2. The number of hydrogen-bond donors (Lipinski definition) is 1. The van der Waals surface area contributed by atoms with Crippen LogP contribution in [0.1, 0.15) is 18.1 Å². The van der Waals surface area contributed by atoms with E-state index < -0.39 is 11.4 Å². The summed E-state index contributed by atoms with van der Waals surface area (Å²) in [6.45, 7) is 1.66. The van der Waals surface area contributed by atoms with Gasteiger partial charge in [0, 0.05) is 0 Å². The molecule has 0 saturated heterocycles. The SMILES string of the molecule is CC1(C(=O)O)Cc2cc(F)ccc21. The fourth-order valence-electron chi connectivity index (χ4n) is 1.81. The average molecular weight is 180 g/mol. The Morgan fingerprint density at radius 2 is 2.31 bits per heavy atom. The van der Waals surface area contributed by atoms with Gasteiger partial charge >= 0.3 is 5.97 Å². The van der Waals surface area contributed by atoms with Gasteiger partial charge in [-0.3, -0.25) is 4.79 Å². The molecule has 1 aromatic rings. The van der Waals surface area contributed by atoms with Crippen LogP contribution in [-0.2, 0) is 16.6 Å². The Morgan fingerprint density at radius 3 is 2.85 bits per heavy atom. The van der Waals surface area contributed by atoms with E-state index in [4.69, 9.17) is 5.11 Å². The van der Waals surface area contributed by atoms with E-state index in [1.165, 1.54) is 12.1 Å². The summed E-state index contributed by atoms with van der Waals surface area (Å²) in [5.74, 6) is -1.14. The van der Waals surface area contributed by atoms with Gasteiger partial charge in [-0.15, -0.1) is 0 Å². The van der Waals surface area contributed by atoms with Gasteiger partial charge in [0.25, 0.3) is 0 Å². The maximum absolute atomic E-state index is 12.7. The molecule has 1 atom stereocenters. The Bertz CT molecular complexity index is 387. The van der Waals surface area contributed by atoms with Crippen LogP contribution in [0.5, 0.6) is 0 Å².